The van der Waals surface area contributed by atoms with Crippen LogP contribution in [0.2, 0.25) is 10.0 Å². The van der Waals surface area contributed by atoms with Gasteiger partial charge < -0.3 is 10.6 Å². The number of halogens is 2. The molecule has 2 N–H and O–H groups in total. The summed E-state index contributed by atoms with van der Waals surface area (Å²) in [5.41, 5.74) is 0.865. The molecular weight excluding hydrogens is 361 g/mol. The van der Waals surface area contributed by atoms with E-state index in [9.17, 15) is 4.79 Å². The highest BCUT2D eigenvalue weighted by atomic mass is 35.5. The summed E-state index contributed by atoms with van der Waals surface area (Å²) >= 11 is 12.0. The molecule has 2 aliphatic heterocycles. The molecule has 1 amide bonds. The molecule has 2 aliphatic rings. The molecule has 0 aromatic heterocycles. The molecule has 25 heavy (non-hydrogen) atoms. The van der Waals surface area contributed by atoms with Crippen molar-refractivity contribution in [1.82, 2.24) is 15.5 Å². The molecule has 1 saturated heterocycles. The molecule has 8 heteroatoms. The van der Waals surface area contributed by atoms with Crippen molar-refractivity contribution >= 4 is 40.6 Å². The molecule has 3 rings (SSSR count). The van der Waals surface area contributed by atoms with Gasteiger partial charge in [0.15, 0.2) is 0 Å². The lowest BCUT2D eigenvalue weighted by molar-refractivity contribution is -0.121. The fourth-order valence-corrected chi connectivity index (χ4v) is 3.44. The predicted octanol–water partition coefficient (Wildman–Crippen LogP) is 2.32. The molecule has 6 nitrogen and oxygen atoms in total. The molecule has 1 fully saturated rings. The number of hydrogen-bond donors (Lipinski definition) is 2. The Morgan fingerprint density at radius 3 is 3.00 bits per heavy atom. The number of carbonyl (C=O) groups excluding carboxylic acids is 1. The molecule has 0 radical (unpaired) electrons. The second-order valence-corrected chi connectivity index (χ2v) is 7.30. The van der Waals surface area contributed by atoms with Gasteiger partial charge in [-0.25, -0.2) is 0 Å². The zero-order chi connectivity index (χ0) is 17.8. The maximum atomic E-state index is 12.3. The van der Waals surface area contributed by atoms with Crippen LogP contribution in [0.25, 0.3) is 0 Å². The van der Waals surface area contributed by atoms with Crippen LogP contribution in [0.15, 0.2) is 23.3 Å². The maximum Gasteiger partial charge on any atom is 0.239 e. The van der Waals surface area contributed by atoms with Crippen molar-refractivity contribution in [2.24, 2.45) is 5.10 Å². The van der Waals surface area contributed by atoms with Crippen molar-refractivity contribution in [2.75, 3.05) is 38.2 Å². The first-order valence-electron chi connectivity index (χ1n) is 8.54. The molecule has 1 atom stereocenters. The summed E-state index contributed by atoms with van der Waals surface area (Å²) in [5, 5.41) is 13.6. The Bertz CT molecular complexity index is 660. The number of hydrazone groups is 1. The molecule has 1 unspecified atom stereocenters. The maximum absolute atomic E-state index is 12.3. The number of rotatable bonds is 4. The first-order chi connectivity index (χ1) is 12.0. The lowest BCUT2D eigenvalue weighted by Crippen LogP contribution is -2.48. The largest absolute Gasteiger partial charge is 0.315 e. The highest BCUT2D eigenvalue weighted by Gasteiger charge is 2.22. The van der Waals surface area contributed by atoms with Crippen molar-refractivity contribution in [3.05, 3.63) is 28.2 Å². The number of carbonyl (C=O) groups is 1. The number of hydrogen-bond acceptors (Lipinski definition) is 5. The lowest BCUT2D eigenvalue weighted by Gasteiger charge is -2.31. The number of amides is 1. The number of nitrogens with zero attached hydrogens (tertiary/aromatic N) is 3. The highest BCUT2D eigenvalue weighted by molar-refractivity contribution is 6.42. The van der Waals surface area contributed by atoms with Crippen molar-refractivity contribution < 1.29 is 4.79 Å². The van der Waals surface area contributed by atoms with Crippen LogP contribution in [0.5, 0.6) is 0 Å². The van der Waals surface area contributed by atoms with Gasteiger partial charge in [0.25, 0.3) is 0 Å². The van der Waals surface area contributed by atoms with E-state index in [1.54, 1.807) is 12.1 Å². The summed E-state index contributed by atoms with van der Waals surface area (Å²) in [5.74, 6) is 0.661. The third kappa shape index (κ3) is 4.85. The minimum atomic E-state index is -0.0252. The third-order valence-electron chi connectivity index (χ3n) is 4.57. The zero-order valence-electron chi connectivity index (χ0n) is 14.3. The Hall–Kier alpha value is -1.34. The average molecular weight is 384 g/mol. The van der Waals surface area contributed by atoms with Gasteiger partial charge in [0.2, 0.25) is 5.91 Å². The second-order valence-electron chi connectivity index (χ2n) is 6.48. The van der Waals surface area contributed by atoms with Crippen LogP contribution in [0.3, 0.4) is 0 Å². The third-order valence-corrected chi connectivity index (χ3v) is 5.31. The van der Waals surface area contributed by atoms with E-state index >= 15 is 0 Å². The minimum absolute atomic E-state index is 0.0252. The smallest absolute Gasteiger partial charge is 0.239 e. The molecule has 2 heterocycles. The van der Waals surface area contributed by atoms with E-state index in [-0.39, 0.29) is 5.91 Å². The Morgan fingerprint density at radius 2 is 2.28 bits per heavy atom. The van der Waals surface area contributed by atoms with Gasteiger partial charge in [-0.05, 0) is 44.6 Å². The van der Waals surface area contributed by atoms with Crippen LogP contribution in [0.1, 0.15) is 19.3 Å². The van der Waals surface area contributed by atoms with Crippen LogP contribution in [0.4, 0.5) is 5.69 Å². The fraction of sp³-hybridized carbons (Fsp3) is 0.529. The van der Waals surface area contributed by atoms with Gasteiger partial charge in [0.1, 0.15) is 5.84 Å². The van der Waals surface area contributed by atoms with E-state index in [4.69, 9.17) is 23.2 Å². The molecule has 136 valence electrons. The molecule has 0 aliphatic carbocycles. The Labute approximate surface area is 158 Å². The Kier molecular flexibility index (Phi) is 6.17. The van der Waals surface area contributed by atoms with Crippen molar-refractivity contribution in [3.63, 3.8) is 0 Å². The van der Waals surface area contributed by atoms with Gasteiger partial charge in [0.05, 0.1) is 22.3 Å². The van der Waals surface area contributed by atoms with Crippen molar-refractivity contribution in [2.45, 2.75) is 25.3 Å². The van der Waals surface area contributed by atoms with Gasteiger partial charge in [-0.15, -0.1) is 0 Å². The van der Waals surface area contributed by atoms with Gasteiger partial charge in [0, 0.05) is 25.6 Å². The summed E-state index contributed by atoms with van der Waals surface area (Å²) in [7, 11) is 2.00. The van der Waals surface area contributed by atoms with Crippen LogP contribution < -0.4 is 15.6 Å². The van der Waals surface area contributed by atoms with Crippen LogP contribution in [-0.2, 0) is 4.79 Å². The standard InChI is InChI=1S/C17H23Cl2N5O/c1-23(13-3-2-7-20-10-13)11-17(25)21-16-6-8-24(22-16)12-4-5-14(18)15(19)9-12/h4-5,9,13,20H,2-3,6-8,10-11H2,1H3,(H,21,22,25). The number of likely N-dealkylation sites (N-methyl/N-ethyl adjacent to an activating group) is 1. The topological polar surface area (TPSA) is 60.0 Å². The SMILES string of the molecule is CN(CC(=O)NC1=NN(c2ccc(Cl)c(Cl)c2)CC1)C1CCCNC1. The lowest BCUT2D eigenvalue weighted by atomic mass is 10.1. The second kappa shape index (κ2) is 8.36. The molecule has 0 spiro atoms. The number of benzene rings is 1. The summed E-state index contributed by atoms with van der Waals surface area (Å²) in [6, 6.07) is 5.81. The van der Waals surface area contributed by atoms with Gasteiger partial charge >= 0.3 is 0 Å². The van der Waals surface area contributed by atoms with E-state index in [2.05, 4.69) is 20.6 Å². The number of piperidine rings is 1. The molecule has 1 aromatic carbocycles. The Morgan fingerprint density at radius 1 is 1.44 bits per heavy atom. The first-order valence-corrected chi connectivity index (χ1v) is 9.29. The summed E-state index contributed by atoms with van der Waals surface area (Å²) in [6.07, 6.45) is 2.98. The van der Waals surface area contributed by atoms with Gasteiger partial charge in [-0.3, -0.25) is 14.7 Å². The summed E-state index contributed by atoms with van der Waals surface area (Å²) in [4.78, 5) is 14.4. The van der Waals surface area contributed by atoms with E-state index in [1.165, 1.54) is 0 Å². The van der Waals surface area contributed by atoms with Crippen molar-refractivity contribution in [3.8, 4) is 0 Å². The summed E-state index contributed by atoms with van der Waals surface area (Å²) in [6.45, 7) is 3.09. The zero-order valence-corrected chi connectivity index (χ0v) is 15.8. The molecule has 1 aromatic rings. The number of nitrogens with one attached hydrogen (secondary N) is 2. The van der Waals surface area contributed by atoms with E-state index in [0.717, 1.165) is 31.6 Å². The molecule has 0 saturated carbocycles. The quantitative estimate of drug-likeness (QED) is 0.837. The number of anilines is 1. The van der Waals surface area contributed by atoms with E-state index < -0.39 is 0 Å². The first kappa shape index (κ1) is 18.5. The monoisotopic (exact) mass is 383 g/mol. The van der Waals surface area contributed by atoms with Crippen LogP contribution in [0, 0.1) is 0 Å². The van der Waals surface area contributed by atoms with E-state index in [0.29, 0.717) is 41.4 Å². The normalized spacial score (nSPS) is 20.7. The molecule has 0 bridgehead atoms. The van der Waals surface area contributed by atoms with Crippen LogP contribution in [-0.4, -0.2) is 55.9 Å². The summed E-state index contributed by atoms with van der Waals surface area (Å²) < 4.78 is 0. The predicted molar refractivity (Wildman–Crippen MR) is 103 cm³/mol. The highest BCUT2D eigenvalue weighted by Crippen LogP contribution is 2.28. The van der Waals surface area contributed by atoms with Gasteiger partial charge in [-0.2, -0.15) is 5.10 Å². The molecular formula is C17H23Cl2N5O. The number of amidine groups is 1. The van der Waals surface area contributed by atoms with Gasteiger partial charge in [-0.1, -0.05) is 23.2 Å². The fourth-order valence-electron chi connectivity index (χ4n) is 3.14. The van der Waals surface area contributed by atoms with Crippen molar-refractivity contribution in [1.29, 1.82) is 0 Å². The average Bonchev–Trinajstić information content (AvgIpc) is 3.06. The minimum Gasteiger partial charge on any atom is -0.315 e. The Balaban J connectivity index is 1.53. The van der Waals surface area contributed by atoms with Crippen LogP contribution >= 0.6 is 23.2 Å². The van der Waals surface area contributed by atoms with E-state index in [1.807, 2.05) is 18.1 Å².